The molecule has 0 spiro atoms. The first-order chi connectivity index (χ1) is 24.4. The van der Waals surface area contributed by atoms with E-state index in [0.717, 1.165) is 0 Å². The number of fused-ring (bicyclic) bond motifs is 4. The van der Waals surface area contributed by atoms with Crippen LogP contribution < -0.4 is 0 Å². The highest BCUT2D eigenvalue weighted by molar-refractivity contribution is 6.22. The summed E-state index contributed by atoms with van der Waals surface area (Å²) in [7, 11) is 0. The zero-order valence-electron chi connectivity index (χ0n) is 28.7. The van der Waals surface area contributed by atoms with Crippen LogP contribution in [0.15, 0.2) is 176 Å². The summed E-state index contributed by atoms with van der Waals surface area (Å²) in [5, 5.41) is 10.2. The Bertz CT molecular complexity index is 2660. The van der Waals surface area contributed by atoms with Crippen LogP contribution in [-0.2, 0) is 5.41 Å². The molecule has 9 rings (SSSR count). The first-order valence-electron chi connectivity index (χ1n) is 17.6. The van der Waals surface area contributed by atoms with Crippen molar-refractivity contribution in [3.8, 4) is 44.5 Å². The molecular weight excluding hydrogens is 601 g/mol. The molecule has 238 valence electrons. The molecule has 0 nitrogen and oxygen atoms in total. The third kappa shape index (κ3) is 5.16. The SMILES string of the molecule is CC(C)(C)c1cccc(-c2c3ccccc3c(-c3ccc4cccc(-c5ccc(-c6ccc7ccccc7c6)cc5)c4c3)c3ccccc23)c1. The maximum atomic E-state index is 2.41. The van der Waals surface area contributed by atoms with Crippen LogP contribution in [0.4, 0.5) is 0 Å². The lowest BCUT2D eigenvalue weighted by atomic mass is 9.82. The molecule has 9 aromatic carbocycles. The van der Waals surface area contributed by atoms with E-state index < -0.39 is 0 Å². The number of benzene rings is 9. The second kappa shape index (κ2) is 11.9. The van der Waals surface area contributed by atoms with E-state index in [1.165, 1.54) is 93.2 Å². The molecule has 0 heteroatoms. The Morgan fingerprint density at radius 2 is 0.800 bits per heavy atom. The average Bonchev–Trinajstić information content (AvgIpc) is 3.16. The fourth-order valence-corrected chi connectivity index (χ4v) is 7.78. The van der Waals surface area contributed by atoms with Gasteiger partial charge in [0, 0.05) is 0 Å². The van der Waals surface area contributed by atoms with Crippen LogP contribution in [0, 0.1) is 0 Å². The van der Waals surface area contributed by atoms with Crippen LogP contribution in [0.2, 0.25) is 0 Å². The summed E-state index contributed by atoms with van der Waals surface area (Å²) in [6, 6.07) is 65.1. The summed E-state index contributed by atoms with van der Waals surface area (Å²) in [6.45, 7) is 6.87. The Balaban J connectivity index is 1.21. The van der Waals surface area contributed by atoms with E-state index in [2.05, 4.69) is 197 Å². The molecular formula is C50H38. The van der Waals surface area contributed by atoms with E-state index in [0.29, 0.717) is 0 Å². The highest BCUT2D eigenvalue weighted by Crippen LogP contribution is 2.45. The van der Waals surface area contributed by atoms with Crippen LogP contribution in [0.25, 0.3) is 87.6 Å². The van der Waals surface area contributed by atoms with Crippen molar-refractivity contribution in [1.82, 2.24) is 0 Å². The van der Waals surface area contributed by atoms with Crippen LogP contribution in [0.1, 0.15) is 26.3 Å². The van der Waals surface area contributed by atoms with Gasteiger partial charge in [0.1, 0.15) is 0 Å². The minimum atomic E-state index is 0.0706. The Hall–Kier alpha value is -5.98. The van der Waals surface area contributed by atoms with Crippen molar-refractivity contribution in [2.75, 3.05) is 0 Å². The predicted molar refractivity (Wildman–Crippen MR) is 217 cm³/mol. The molecule has 0 aromatic heterocycles. The third-order valence-corrected chi connectivity index (χ3v) is 10.4. The van der Waals surface area contributed by atoms with Crippen LogP contribution in [-0.4, -0.2) is 0 Å². The van der Waals surface area contributed by atoms with Crippen molar-refractivity contribution in [1.29, 1.82) is 0 Å². The van der Waals surface area contributed by atoms with E-state index in [4.69, 9.17) is 0 Å². The first kappa shape index (κ1) is 30.1. The molecule has 0 radical (unpaired) electrons. The Morgan fingerprint density at radius 3 is 1.46 bits per heavy atom. The van der Waals surface area contributed by atoms with E-state index in [-0.39, 0.29) is 5.41 Å². The quantitative estimate of drug-likeness (QED) is 0.168. The molecule has 0 aliphatic carbocycles. The molecule has 0 unspecified atom stereocenters. The molecule has 50 heavy (non-hydrogen) atoms. The van der Waals surface area contributed by atoms with Crippen molar-refractivity contribution >= 4 is 43.1 Å². The molecule has 0 atom stereocenters. The molecule has 0 heterocycles. The van der Waals surface area contributed by atoms with Gasteiger partial charge in [-0.15, -0.1) is 0 Å². The molecule has 0 N–H and O–H groups in total. The Morgan fingerprint density at radius 1 is 0.300 bits per heavy atom. The van der Waals surface area contributed by atoms with Crippen molar-refractivity contribution in [3.05, 3.63) is 181 Å². The van der Waals surface area contributed by atoms with Gasteiger partial charge in [0.2, 0.25) is 0 Å². The number of hydrogen-bond donors (Lipinski definition) is 0. The minimum absolute atomic E-state index is 0.0706. The molecule has 0 saturated heterocycles. The van der Waals surface area contributed by atoms with Gasteiger partial charge >= 0.3 is 0 Å². The zero-order valence-corrected chi connectivity index (χ0v) is 28.7. The molecule has 0 amide bonds. The first-order valence-corrected chi connectivity index (χ1v) is 17.6. The molecule has 0 bridgehead atoms. The average molecular weight is 639 g/mol. The highest BCUT2D eigenvalue weighted by atomic mass is 14.2. The zero-order chi connectivity index (χ0) is 33.8. The van der Waals surface area contributed by atoms with Gasteiger partial charge in [0.25, 0.3) is 0 Å². The molecule has 0 aliphatic heterocycles. The van der Waals surface area contributed by atoms with E-state index in [9.17, 15) is 0 Å². The van der Waals surface area contributed by atoms with E-state index in [1.54, 1.807) is 0 Å². The van der Waals surface area contributed by atoms with Crippen molar-refractivity contribution in [2.45, 2.75) is 26.2 Å². The van der Waals surface area contributed by atoms with Crippen LogP contribution >= 0.6 is 0 Å². The molecule has 9 aromatic rings. The normalized spacial score (nSPS) is 11.9. The van der Waals surface area contributed by atoms with Crippen molar-refractivity contribution in [2.24, 2.45) is 0 Å². The summed E-state index contributed by atoms with van der Waals surface area (Å²) >= 11 is 0. The Kier molecular flexibility index (Phi) is 7.14. The monoisotopic (exact) mass is 638 g/mol. The number of hydrogen-bond acceptors (Lipinski definition) is 0. The van der Waals surface area contributed by atoms with Crippen molar-refractivity contribution in [3.63, 3.8) is 0 Å². The van der Waals surface area contributed by atoms with Crippen LogP contribution in [0.5, 0.6) is 0 Å². The second-order valence-corrected chi connectivity index (χ2v) is 14.6. The smallest absolute Gasteiger partial charge is 0.00261 e. The highest BCUT2D eigenvalue weighted by Gasteiger charge is 2.19. The van der Waals surface area contributed by atoms with Gasteiger partial charge in [0.05, 0.1) is 0 Å². The third-order valence-electron chi connectivity index (χ3n) is 10.4. The largest absolute Gasteiger partial charge is 0.0616 e. The van der Waals surface area contributed by atoms with Gasteiger partial charge in [-0.1, -0.05) is 185 Å². The predicted octanol–water partition coefficient (Wildman–Crippen LogP) is 14.3. The lowest BCUT2D eigenvalue weighted by Gasteiger charge is -2.22. The fourth-order valence-electron chi connectivity index (χ4n) is 7.78. The fraction of sp³-hybridized carbons (Fsp3) is 0.0800. The standard InChI is InChI=1S/C50H38/c1-50(2,3)41-16-10-15-39(31-41)48-43-17-6-8-19-45(43)49(46-20-9-7-18-44(46)48)40-29-27-35-14-11-21-42(47(35)32-40)36-25-22-34(23-26-36)38-28-24-33-12-4-5-13-37(33)30-38/h4-32H,1-3H3. The van der Waals surface area contributed by atoms with Gasteiger partial charge in [-0.2, -0.15) is 0 Å². The van der Waals surface area contributed by atoms with E-state index >= 15 is 0 Å². The van der Waals surface area contributed by atoms with Gasteiger partial charge in [-0.25, -0.2) is 0 Å². The van der Waals surface area contributed by atoms with E-state index in [1.807, 2.05) is 0 Å². The van der Waals surface area contributed by atoms with Crippen LogP contribution in [0.3, 0.4) is 0 Å². The summed E-state index contributed by atoms with van der Waals surface area (Å²) in [6.07, 6.45) is 0. The second-order valence-electron chi connectivity index (χ2n) is 14.6. The topological polar surface area (TPSA) is 0 Å². The van der Waals surface area contributed by atoms with Gasteiger partial charge in [0.15, 0.2) is 0 Å². The maximum absolute atomic E-state index is 2.41. The molecule has 0 saturated carbocycles. The van der Waals surface area contributed by atoms with Gasteiger partial charge in [-0.05, 0) is 111 Å². The van der Waals surface area contributed by atoms with Gasteiger partial charge < -0.3 is 0 Å². The lowest BCUT2D eigenvalue weighted by molar-refractivity contribution is 0.590. The number of rotatable bonds is 4. The summed E-state index contributed by atoms with van der Waals surface area (Å²) in [5.41, 5.74) is 11.5. The van der Waals surface area contributed by atoms with Gasteiger partial charge in [-0.3, -0.25) is 0 Å². The maximum Gasteiger partial charge on any atom is -0.00261 e. The summed E-state index contributed by atoms with van der Waals surface area (Å²) in [4.78, 5) is 0. The minimum Gasteiger partial charge on any atom is -0.0616 e. The van der Waals surface area contributed by atoms with Crippen molar-refractivity contribution < 1.29 is 0 Å². The molecule has 0 fully saturated rings. The summed E-state index contributed by atoms with van der Waals surface area (Å²) < 4.78 is 0. The molecule has 0 aliphatic rings. The summed E-state index contributed by atoms with van der Waals surface area (Å²) in [5.74, 6) is 0. The lowest BCUT2D eigenvalue weighted by Crippen LogP contribution is -2.10. The Labute approximate surface area is 294 Å².